The summed E-state index contributed by atoms with van der Waals surface area (Å²) in [6.07, 6.45) is 2.78. The van der Waals surface area contributed by atoms with E-state index in [0.29, 0.717) is 5.56 Å². The number of rotatable bonds is 2. The number of carbonyl (C=O) groups is 2. The molecule has 0 radical (unpaired) electrons. The van der Waals surface area contributed by atoms with Gasteiger partial charge in [-0.1, -0.05) is 19.6 Å². The van der Waals surface area contributed by atoms with E-state index in [4.69, 9.17) is 9.47 Å². The molecule has 0 saturated carbocycles. The van der Waals surface area contributed by atoms with Crippen LogP contribution in [0.4, 0.5) is 0 Å². The van der Waals surface area contributed by atoms with Crippen molar-refractivity contribution in [3.8, 4) is 51.7 Å². The summed E-state index contributed by atoms with van der Waals surface area (Å²) in [7, 11) is 0. The minimum Gasteiger partial charge on any atom is -0.508 e. The summed E-state index contributed by atoms with van der Waals surface area (Å²) < 4.78 is 10.6. The normalized spacial score (nSPS) is 14.8. The zero-order valence-electron chi connectivity index (χ0n) is 20.8. The van der Waals surface area contributed by atoms with E-state index in [-0.39, 0.29) is 87.4 Å². The number of phenolic OH excluding ortho intramolecular Hbond substituents is 7. The van der Waals surface area contributed by atoms with Crippen molar-refractivity contribution in [2.75, 3.05) is 0 Å². The van der Waals surface area contributed by atoms with Crippen LogP contribution in [0.25, 0.3) is 12.2 Å². The third-order valence-corrected chi connectivity index (χ3v) is 5.97. The highest BCUT2D eigenvalue weighted by Crippen LogP contribution is 2.42. The van der Waals surface area contributed by atoms with Crippen LogP contribution in [0.15, 0.2) is 78.2 Å². The Morgan fingerprint density at radius 2 is 0.952 bits per heavy atom. The van der Waals surface area contributed by atoms with Gasteiger partial charge in [-0.25, -0.2) is 0 Å². The highest BCUT2D eigenvalue weighted by atomic mass is 16.5. The zero-order valence-corrected chi connectivity index (χ0v) is 20.8. The lowest BCUT2D eigenvalue weighted by atomic mass is 10.1. The fourth-order valence-corrected chi connectivity index (χ4v) is 4.07. The molecule has 0 amide bonds. The van der Waals surface area contributed by atoms with Crippen molar-refractivity contribution in [1.82, 2.24) is 0 Å². The van der Waals surface area contributed by atoms with E-state index in [1.54, 1.807) is 12.1 Å². The SMILES string of the molecule is C.O=C1/C(=C/c2ccc(O)cc2)Oc2cc(O)cc(O)c21.O=C1/C(=C/c2ccc(O)cc2O)Oc2cc(O)cc(O)c21. The molecule has 0 unspecified atom stereocenters. The highest BCUT2D eigenvalue weighted by Gasteiger charge is 2.32. The maximum absolute atomic E-state index is 12.1. The molecule has 2 aliphatic heterocycles. The molecule has 4 aromatic rings. The molecule has 214 valence electrons. The van der Waals surface area contributed by atoms with Crippen LogP contribution in [0, 0.1) is 0 Å². The van der Waals surface area contributed by atoms with Gasteiger partial charge in [0.25, 0.3) is 0 Å². The van der Waals surface area contributed by atoms with Crippen molar-refractivity contribution in [3.05, 3.63) is 101 Å². The minimum atomic E-state index is -0.560. The summed E-state index contributed by atoms with van der Waals surface area (Å²) in [6, 6.07) is 14.7. The van der Waals surface area contributed by atoms with Crippen LogP contribution in [0.3, 0.4) is 0 Å². The van der Waals surface area contributed by atoms with Crippen LogP contribution in [-0.4, -0.2) is 47.3 Å². The predicted octanol–water partition coefficient (Wildman–Crippen LogP) is 5.18. The molecule has 2 aliphatic rings. The van der Waals surface area contributed by atoms with Gasteiger partial charge in [-0.15, -0.1) is 0 Å². The first kappa shape index (κ1) is 28.9. The number of Topliss-reactive ketones (excluding diaryl/α,β-unsaturated/α-hetero) is 2. The number of benzene rings is 4. The molecule has 0 saturated heterocycles. The molecule has 4 aromatic carbocycles. The predicted molar refractivity (Wildman–Crippen MR) is 150 cm³/mol. The second kappa shape index (κ2) is 11.2. The zero-order chi connectivity index (χ0) is 29.4. The molecule has 0 aromatic heterocycles. The van der Waals surface area contributed by atoms with Gasteiger partial charge in [-0.2, -0.15) is 0 Å². The monoisotopic (exact) mass is 572 g/mol. The topological polar surface area (TPSA) is 194 Å². The van der Waals surface area contributed by atoms with Crippen molar-refractivity contribution >= 4 is 23.7 Å². The number of ether oxygens (including phenoxy) is 2. The van der Waals surface area contributed by atoms with Gasteiger partial charge >= 0.3 is 0 Å². The Bertz CT molecular complexity index is 1780. The van der Waals surface area contributed by atoms with E-state index >= 15 is 0 Å². The number of phenols is 7. The van der Waals surface area contributed by atoms with Crippen LogP contribution in [0.5, 0.6) is 51.7 Å². The lowest BCUT2D eigenvalue weighted by Crippen LogP contribution is -1.98. The van der Waals surface area contributed by atoms with Gasteiger partial charge in [-0.05, 0) is 42.0 Å². The molecular formula is C31H24O11. The minimum absolute atomic E-state index is 0. The number of hydrogen-bond donors (Lipinski definition) is 7. The molecule has 11 heteroatoms. The van der Waals surface area contributed by atoms with Crippen LogP contribution in [0.2, 0.25) is 0 Å². The van der Waals surface area contributed by atoms with E-state index in [0.717, 1.165) is 18.2 Å². The fraction of sp³-hybridized carbons (Fsp3) is 0.0323. The van der Waals surface area contributed by atoms with E-state index < -0.39 is 11.6 Å². The van der Waals surface area contributed by atoms with Crippen molar-refractivity contribution < 1.29 is 54.8 Å². The summed E-state index contributed by atoms with van der Waals surface area (Å²) in [6.45, 7) is 0. The Kier molecular flexibility index (Phi) is 7.69. The standard InChI is InChI=1S/C15H10O6.C15H10O5.CH4/c16-8-2-1-7(10(18)4-8)3-13-15(20)14-11(19)5-9(17)6-12(14)21-13;16-9-3-1-8(2-4-9)5-13-15(19)14-11(18)6-10(17)7-12(14)20-13;/h1-6,16-19H;1-7,16-18H;1H4/b13-3-;13-5-;. The fourth-order valence-electron chi connectivity index (χ4n) is 4.07. The average molecular weight is 573 g/mol. The second-order valence-corrected chi connectivity index (χ2v) is 8.89. The van der Waals surface area contributed by atoms with Crippen molar-refractivity contribution in [2.24, 2.45) is 0 Å². The van der Waals surface area contributed by atoms with Crippen molar-refractivity contribution in [1.29, 1.82) is 0 Å². The largest absolute Gasteiger partial charge is 0.508 e. The Morgan fingerprint density at radius 3 is 1.45 bits per heavy atom. The molecule has 0 atom stereocenters. The van der Waals surface area contributed by atoms with Gasteiger partial charge in [-0.3, -0.25) is 9.59 Å². The summed E-state index contributed by atoms with van der Waals surface area (Å²) in [5.41, 5.74) is 0.931. The molecule has 7 N–H and O–H groups in total. The molecule has 42 heavy (non-hydrogen) atoms. The second-order valence-electron chi connectivity index (χ2n) is 8.89. The molecule has 0 bridgehead atoms. The van der Waals surface area contributed by atoms with Gasteiger partial charge in [0.1, 0.15) is 62.9 Å². The maximum Gasteiger partial charge on any atom is 0.235 e. The summed E-state index contributed by atoms with van der Waals surface area (Å²) in [4.78, 5) is 24.3. The van der Waals surface area contributed by atoms with E-state index in [1.165, 1.54) is 48.6 Å². The number of hydrogen-bond acceptors (Lipinski definition) is 11. The van der Waals surface area contributed by atoms with E-state index in [9.17, 15) is 45.3 Å². The first-order chi connectivity index (χ1) is 19.5. The molecule has 11 nitrogen and oxygen atoms in total. The quantitative estimate of drug-likeness (QED) is 0.156. The lowest BCUT2D eigenvalue weighted by molar-refractivity contribution is 0.100. The van der Waals surface area contributed by atoms with Gasteiger partial charge < -0.3 is 45.2 Å². The van der Waals surface area contributed by atoms with Gasteiger partial charge in [0.2, 0.25) is 11.6 Å². The number of allylic oxidation sites excluding steroid dienone is 2. The van der Waals surface area contributed by atoms with Crippen molar-refractivity contribution in [3.63, 3.8) is 0 Å². The lowest BCUT2D eigenvalue weighted by Gasteiger charge is -2.02. The average Bonchev–Trinajstić information content (AvgIpc) is 3.38. The summed E-state index contributed by atoms with van der Waals surface area (Å²) in [5, 5.41) is 66.2. The highest BCUT2D eigenvalue weighted by molar-refractivity contribution is 6.17. The van der Waals surface area contributed by atoms with Crippen molar-refractivity contribution in [2.45, 2.75) is 7.43 Å². The van der Waals surface area contributed by atoms with Crippen LogP contribution in [0.1, 0.15) is 39.3 Å². The summed E-state index contributed by atoms with van der Waals surface area (Å²) >= 11 is 0. The number of carbonyl (C=O) groups excluding carboxylic acids is 2. The molecule has 2 heterocycles. The Balaban J connectivity index is 0.000000189. The Labute approximate surface area is 238 Å². The van der Waals surface area contributed by atoms with E-state index in [1.807, 2.05) is 0 Å². The Hall–Kier alpha value is -6.10. The number of ketones is 2. The number of aromatic hydroxyl groups is 7. The Morgan fingerprint density at radius 1 is 0.500 bits per heavy atom. The van der Waals surface area contributed by atoms with Crippen LogP contribution in [-0.2, 0) is 0 Å². The summed E-state index contributed by atoms with van der Waals surface area (Å²) in [5.74, 6) is -2.23. The first-order valence-electron chi connectivity index (χ1n) is 11.8. The van der Waals surface area contributed by atoms with Gasteiger partial charge in [0.05, 0.1) is 0 Å². The number of fused-ring (bicyclic) bond motifs is 2. The molecule has 6 rings (SSSR count). The molecule has 0 spiro atoms. The van der Waals surface area contributed by atoms with Crippen LogP contribution >= 0.6 is 0 Å². The third-order valence-electron chi connectivity index (χ3n) is 5.97. The van der Waals surface area contributed by atoms with Gasteiger partial charge in [0, 0.05) is 35.9 Å². The molecular weight excluding hydrogens is 548 g/mol. The smallest absolute Gasteiger partial charge is 0.235 e. The molecule has 0 fully saturated rings. The van der Waals surface area contributed by atoms with Crippen LogP contribution < -0.4 is 9.47 Å². The molecule has 0 aliphatic carbocycles. The third kappa shape index (κ3) is 5.61. The van der Waals surface area contributed by atoms with E-state index in [2.05, 4.69) is 0 Å². The maximum atomic E-state index is 12.1. The first-order valence-corrected chi connectivity index (χ1v) is 11.8. The van der Waals surface area contributed by atoms with Gasteiger partial charge in [0.15, 0.2) is 11.5 Å².